The fourth-order valence-corrected chi connectivity index (χ4v) is 1.84. The van der Waals surface area contributed by atoms with E-state index < -0.39 is 0 Å². The molecule has 0 saturated carbocycles. The summed E-state index contributed by atoms with van der Waals surface area (Å²) in [5.41, 5.74) is 0. The van der Waals surface area contributed by atoms with E-state index in [1.165, 1.54) is 6.42 Å². The molecule has 4 heteroatoms. The highest BCUT2D eigenvalue weighted by Gasteiger charge is 2.20. The molecule has 1 N–H and O–H groups in total. The first-order chi connectivity index (χ1) is 7.16. The van der Waals surface area contributed by atoms with Gasteiger partial charge < -0.3 is 5.32 Å². The van der Waals surface area contributed by atoms with Crippen LogP contribution < -0.4 is 5.32 Å². The molecule has 4 nitrogen and oxygen atoms in total. The number of nitrogens with zero attached hydrogens (tertiary/aromatic N) is 3. The standard InChI is InChI=1S/C11H18N4/c1-7(2)10-13-8(3)14-11(15-10)9-5-4-6-12-9/h7,9,12H,4-6H2,1-3H3. The van der Waals surface area contributed by atoms with Crippen molar-refractivity contribution in [2.75, 3.05) is 6.54 Å². The van der Waals surface area contributed by atoms with Crippen LogP contribution in [0, 0.1) is 6.92 Å². The van der Waals surface area contributed by atoms with Crippen molar-refractivity contribution in [2.24, 2.45) is 0 Å². The second kappa shape index (κ2) is 4.23. The van der Waals surface area contributed by atoms with Crippen molar-refractivity contribution < 1.29 is 0 Å². The smallest absolute Gasteiger partial charge is 0.149 e. The molecular weight excluding hydrogens is 188 g/mol. The van der Waals surface area contributed by atoms with E-state index in [0.29, 0.717) is 12.0 Å². The summed E-state index contributed by atoms with van der Waals surface area (Å²) in [4.78, 5) is 13.3. The zero-order valence-electron chi connectivity index (χ0n) is 9.62. The zero-order chi connectivity index (χ0) is 10.8. The summed E-state index contributed by atoms with van der Waals surface area (Å²) in [5.74, 6) is 3.03. The van der Waals surface area contributed by atoms with Gasteiger partial charge in [0.2, 0.25) is 0 Å². The van der Waals surface area contributed by atoms with Gasteiger partial charge in [0.15, 0.2) is 0 Å². The average molecular weight is 206 g/mol. The number of aromatic nitrogens is 3. The predicted molar refractivity (Wildman–Crippen MR) is 58.6 cm³/mol. The molecule has 0 radical (unpaired) electrons. The molecule has 0 amide bonds. The Labute approximate surface area is 90.6 Å². The number of rotatable bonds is 2. The quantitative estimate of drug-likeness (QED) is 0.800. The van der Waals surface area contributed by atoms with Crippen LogP contribution in [0.2, 0.25) is 0 Å². The molecule has 2 rings (SSSR count). The van der Waals surface area contributed by atoms with E-state index in [2.05, 4.69) is 34.1 Å². The summed E-state index contributed by atoms with van der Waals surface area (Å²) >= 11 is 0. The first kappa shape index (κ1) is 10.5. The highest BCUT2D eigenvalue weighted by Crippen LogP contribution is 2.20. The molecule has 2 heterocycles. The van der Waals surface area contributed by atoms with Gasteiger partial charge in [-0.3, -0.25) is 0 Å². The van der Waals surface area contributed by atoms with Gasteiger partial charge in [0.1, 0.15) is 17.5 Å². The number of aryl methyl sites for hydroxylation is 1. The Balaban J connectivity index is 2.30. The molecule has 0 aromatic carbocycles. The van der Waals surface area contributed by atoms with Gasteiger partial charge in [-0.15, -0.1) is 0 Å². The van der Waals surface area contributed by atoms with Crippen LogP contribution >= 0.6 is 0 Å². The second-order valence-electron chi connectivity index (χ2n) is 4.40. The molecule has 1 atom stereocenters. The third kappa shape index (κ3) is 2.31. The van der Waals surface area contributed by atoms with E-state index in [9.17, 15) is 0 Å². The summed E-state index contributed by atoms with van der Waals surface area (Å²) in [6, 6.07) is 0.337. The second-order valence-corrected chi connectivity index (χ2v) is 4.40. The molecule has 1 unspecified atom stereocenters. The lowest BCUT2D eigenvalue weighted by Gasteiger charge is -2.11. The van der Waals surface area contributed by atoms with E-state index in [0.717, 1.165) is 30.4 Å². The Kier molecular flexibility index (Phi) is 2.95. The van der Waals surface area contributed by atoms with Gasteiger partial charge in [-0.05, 0) is 26.3 Å². The summed E-state index contributed by atoms with van der Waals surface area (Å²) in [5, 5.41) is 3.41. The molecule has 0 bridgehead atoms. The van der Waals surface area contributed by atoms with Crippen molar-refractivity contribution in [1.29, 1.82) is 0 Å². The fourth-order valence-electron chi connectivity index (χ4n) is 1.84. The van der Waals surface area contributed by atoms with Crippen molar-refractivity contribution in [1.82, 2.24) is 20.3 Å². The van der Waals surface area contributed by atoms with Crippen LogP contribution in [-0.4, -0.2) is 21.5 Å². The molecule has 1 fully saturated rings. The third-order valence-corrected chi connectivity index (χ3v) is 2.67. The summed E-state index contributed by atoms with van der Waals surface area (Å²) in [7, 11) is 0. The first-order valence-electron chi connectivity index (χ1n) is 5.62. The van der Waals surface area contributed by atoms with Gasteiger partial charge >= 0.3 is 0 Å². The first-order valence-corrected chi connectivity index (χ1v) is 5.62. The molecule has 0 spiro atoms. The number of hydrogen-bond acceptors (Lipinski definition) is 4. The minimum absolute atomic E-state index is 0.337. The van der Waals surface area contributed by atoms with E-state index in [1.807, 2.05) is 6.92 Å². The maximum Gasteiger partial charge on any atom is 0.149 e. The molecule has 15 heavy (non-hydrogen) atoms. The summed E-state index contributed by atoms with van der Waals surface area (Å²) in [6.07, 6.45) is 2.35. The lowest BCUT2D eigenvalue weighted by molar-refractivity contribution is 0.581. The summed E-state index contributed by atoms with van der Waals surface area (Å²) in [6.45, 7) is 7.24. The average Bonchev–Trinajstić information content (AvgIpc) is 2.69. The summed E-state index contributed by atoms with van der Waals surface area (Å²) < 4.78 is 0. The van der Waals surface area contributed by atoms with Gasteiger partial charge in [0, 0.05) is 5.92 Å². The molecule has 1 aromatic heterocycles. The van der Waals surface area contributed by atoms with E-state index in [1.54, 1.807) is 0 Å². The largest absolute Gasteiger partial charge is 0.307 e. The van der Waals surface area contributed by atoms with Crippen LogP contribution in [0.25, 0.3) is 0 Å². The zero-order valence-corrected chi connectivity index (χ0v) is 9.62. The normalized spacial score (nSPS) is 21.2. The van der Waals surface area contributed by atoms with Crippen molar-refractivity contribution in [3.05, 3.63) is 17.5 Å². The van der Waals surface area contributed by atoms with E-state index >= 15 is 0 Å². The molecule has 1 aromatic rings. The molecular formula is C11H18N4. The van der Waals surface area contributed by atoms with Gasteiger partial charge in [0.05, 0.1) is 6.04 Å². The van der Waals surface area contributed by atoms with Gasteiger partial charge in [0.25, 0.3) is 0 Å². The van der Waals surface area contributed by atoms with Crippen molar-refractivity contribution in [3.8, 4) is 0 Å². The molecule has 1 aliphatic rings. The van der Waals surface area contributed by atoms with Gasteiger partial charge in [-0.25, -0.2) is 15.0 Å². The monoisotopic (exact) mass is 206 g/mol. The minimum atomic E-state index is 0.337. The van der Waals surface area contributed by atoms with Crippen molar-refractivity contribution >= 4 is 0 Å². The maximum atomic E-state index is 4.53. The van der Waals surface area contributed by atoms with Crippen LogP contribution in [0.15, 0.2) is 0 Å². The highest BCUT2D eigenvalue weighted by molar-refractivity contribution is 5.04. The molecule has 1 aliphatic heterocycles. The maximum absolute atomic E-state index is 4.53. The van der Waals surface area contributed by atoms with Crippen LogP contribution in [-0.2, 0) is 0 Å². The number of nitrogens with one attached hydrogen (secondary N) is 1. The fraction of sp³-hybridized carbons (Fsp3) is 0.727. The van der Waals surface area contributed by atoms with Crippen LogP contribution in [0.4, 0.5) is 0 Å². The lowest BCUT2D eigenvalue weighted by Crippen LogP contribution is -2.18. The van der Waals surface area contributed by atoms with Crippen LogP contribution in [0.3, 0.4) is 0 Å². The Morgan fingerprint density at radius 3 is 2.67 bits per heavy atom. The number of hydrogen-bond donors (Lipinski definition) is 1. The topological polar surface area (TPSA) is 50.7 Å². The Hall–Kier alpha value is -1.03. The Morgan fingerprint density at radius 2 is 2.07 bits per heavy atom. The van der Waals surface area contributed by atoms with Crippen molar-refractivity contribution in [2.45, 2.75) is 45.6 Å². The van der Waals surface area contributed by atoms with Crippen molar-refractivity contribution in [3.63, 3.8) is 0 Å². The highest BCUT2D eigenvalue weighted by atomic mass is 15.1. The Bertz CT molecular complexity index is 342. The minimum Gasteiger partial charge on any atom is -0.307 e. The van der Waals surface area contributed by atoms with Gasteiger partial charge in [-0.2, -0.15) is 0 Å². The lowest BCUT2D eigenvalue weighted by atomic mass is 10.2. The predicted octanol–water partition coefficient (Wildman–Crippen LogP) is 1.73. The van der Waals surface area contributed by atoms with Gasteiger partial charge in [-0.1, -0.05) is 13.8 Å². The molecule has 82 valence electrons. The van der Waals surface area contributed by atoms with Crippen LogP contribution in [0.1, 0.15) is 56.1 Å². The van der Waals surface area contributed by atoms with E-state index in [-0.39, 0.29) is 0 Å². The SMILES string of the molecule is Cc1nc(C(C)C)nc(C2CCCN2)n1. The molecule has 0 aliphatic carbocycles. The Morgan fingerprint density at radius 1 is 1.27 bits per heavy atom. The van der Waals surface area contributed by atoms with E-state index in [4.69, 9.17) is 0 Å². The third-order valence-electron chi connectivity index (χ3n) is 2.67. The molecule has 1 saturated heterocycles. The van der Waals surface area contributed by atoms with Crippen LogP contribution in [0.5, 0.6) is 0 Å².